The number of benzene rings is 3. The van der Waals surface area contributed by atoms with Gasteiger partial charge in [-0.05, 0) is 85.8 Å². The lowest BCUT2D eigenvalue weighted by Gasteiger charge is -2.36. The molecule has 1 aromatic heterocycles. The smallest absolute Gasteiger partial charge is 0.274 e. The summed E-state index contributed by atoms with van der Waals surface area (Å²) in [6.45, 7) is 7.21. The van der Waals surface area contributed by atoms with Crippen LogP contribution < -0.4 is 14.8 Å². The SMILES string of the molecule is CCCCN(CCCC)C(=O)c1cc(C)n(-c2ccc(NC(=O)COc3ccc(OC)cc3)cc2C(=O)N2Cc3ccccc3CC2CO)n1. The van der Waals surface area contributed by atoms with Crippen molar-refractivity contribution >= 4 is 23.4 Å². The molecule has 1 atom stereocenters. The highest BCUT2D eigenvalue weighted by Crippen LogP contribution is 2.29. The molecule has 1 unspecified atom stereocenters. The van der Waals surface area contributed by atoms with Gasteiger partial charge in [0, 0.05) is 31.0 Å². The van der Waals surface area contributed by atoms with Crippen LogP contribution in [0.2, 0.25) is 0 Å². The van der Waals surface area contributed by atoms with Gasteiger partial charge in [-0.2, -0.15) is 5.10 Å². The molecular formula is C39H47N5O6. The van der Waals surface area contributed by atoms with Gasteiger partial charge in [-0.15, -0.1) is 0 Å². The highest BCUT2D eigenvalue weighted by Gasteiger charge is 2.32. The Morgan fingerprint density at radius 3 is 2.28 bits per heavy atom. The van der Waals surface area contributed by atoms with Gasteiger partial charge in [0.25, 0.3) is 17.7 Å². The number of hydrogen-bond donors (Lipinski definition) is 2. The number of amides is 3. The minimum absolute atomic E-state index is 0.143. The predicted molar refractivity (Wildman–Crippen MR) is 192 cm³/mol. The lowest BCUT2D eigenvalue weighted by atomic mass is 9.93. The van der Waals surface area contributed by atoms with E-state index >= 15 is 0 Å². The number of carbonyl (C=O) groups is 3. The number of rotatable bonds is 15. The minimum atomic E-state index is -0.442. The third-order valence-electron chi connectivity index (χ3n) is 8.95. The standard InChI is InChI=1S/C39H47N5O6/c1-5-7-19-42(20-8-6-2)39(48)35-21-27(3)44(41-35)36-18-13-30(40-37(46)26-50-33-16-14-32(49-4)15-17-33)23-34(36)38(47)43-24-29-12-10-9-11-28(29)22-31(43)25-45/h9-18,21,23,31,45H,5-8,19-20,22,24-26H2,1-4H3,(H,40,46). The molecule has 0 fully saturated rings. The summed E-state index contributed by atoms with van der Waals surface area (Å²) in [5.41, 5.74) is 4.22. The van der Waals surface area contributed by atoms with E-state index in [2.05, 4.69) is 19.2 Å². The molecule has 11 heteroatoms. The van der Waals surface area contributed by atoms with Crippen LogP contribution in [0.5, 0.6) is 11.5 Å². The largest absolute Gasteiger partial charge is 0.497 e. The monoisotopic (exact) mass is 681 g/mol. The Balaban J connectivity index is 1.46. The van der Waals surface area contributed by atoms with Gasteiger partial charge >= 0.3 is 0 Å². The molecule has 2 heterocycles. The average Bonchev–Trinajstić information content (AvgIpc) is 3.54. The highest BCUT2D eigenvalue weighted by molar-refractivity contribution is 6.01. The number of hydrogen-bond acceptors (Lipinski definition) is 7. The van der Waals surface area contributed by atoms with E-state index in [-0.39, 0.29) is 30.6 Å². The van der Waals surface area contributed by atoms with Crippen LogP contribution in [-0.4, -0.2) is 81.9 Å². The van der Waals surface area contributed by atoms with Crippen LogP contribution >= 0.6 is 0 Å². The molecule has 1 aliphatic heterocycles. The van der Waals surface area contributed by atoms with Crippen molar-refractivity contribution in [3.8, 4) is 17.2 Å². The van der Waals surface area contributed by atoms with E-state index in [1.165, 1.54) is 0 Å². The van der Waals surface area contributed by atoms with Gasteiger partial charge in [-0.3, -0.25) is 14.4 Å². The quantitative estimate of drug-likeness (QED) is 0.162. The molecule has 0 radical (unpaired) electrons. The molecule has 0 saturated heterocycles. The highest BCUT2D eigenvalue weighted by atomic mass is 16.5. The first-order valence-electron chi connectivity index (χ1n) is 17.3. The summed E-state index contributed by atoms with van der Waals surface area (Å²) in [5.74, 6) is 0.309. The molecule has 264 valence electrons. The lowest BCUT2D eigenvalue weighted by Crippen LogP contribution is -2.46. The normalized spacial score (nSPS) is 13.8. The van der Waals surface area contributed by atoms with Gasteiger partial charge in [-0.1, -0.05) is 51.0 Å². The van der Waals surface area contributed by atoms with E-state index in [0.717, 1.165) is 36.8 Å². The van der Waals surface area contributed by atoms with Crippen LogP contribution in [0.4, 0.5) is 5.69 Å². The lowest BCUT2D eigenvalue weighted by molar-refractivity contribution is -0.118. The van der Waals surface area contributed by atoms with Crippen LogP contribution in [0.1, 0.15) is 77.2 Å². The summed E-state index contributed by atoms with van der Waals surface area (Å²) in [6, 6.07) is 21.2. The van der Waals surface area contributed by atoms with Crippen molar-refractivity contribution in [1.29, 1.82) is 0 Å². The number of ether oxygens (including phenoxy) is 2. The maximum absolute atomic E-state index is 14.5. The van der Waals surface area contributed by atoms with E-state index in [4.69, 9.17) is 14.6 Å². The van der Waals surface area contributed by atoms with Gasteiger partial charge in [0.1, 0.15) is 11.5 Å². The number of anilines is 1. The van der Waals surface area contributed by atoms with E-state index in [9.17, 15) is 19.5 Å². The first kappa shape index (κ1) is 36.1. The zero-order valence-corrected chi connectivity index (χ0v) is 29.4. The molecular weight excluding hydrogens is 634 g/mol. The molecule has 3 amide bonds. The zero-order chi connectivity index (χ0) is 35.6. The van der Waals surface area contributed by atoms with Crippen molar-refractivity contribution in [3.63, 3.8) is 0 Å². The number of aromatic nitrogens is 2. The van der Waals surface area contributed by atoms with Crippen molar-refractivity contribution in [3.05, 3.63) is 101 Å². The average molecular weight is 682 g/mol. The first-order chi connectivity index (χ1) is 24.3. The Morgan fingerprint density at radius 2 is 1.62 bits per heavy atom. The number of unbranched alkanes of at least 4 members (excludes halogenated alkanes) is 2. The van der Waals surface area contributed by atoms with E-state index in [1.54, 1.807) is 65.2 Å². The molecule has 4 aromatic rings. The fourth-order valence-electron chi connectivity index (χ4n) is 6.13. The zero-order valence-electron chi connectivity index (χ0n) is 29.4. The maximum Gasteiger partial charge on any atom is 0.274 e. The van der Waals surface area contributed by atoms with E-state index < -0.39 is 11.9 Å². The van der Waals surface area contributed by atoms with Crippen molar-refractivity contribution in [2.75, 3.05) is 38.7 Å². The molecule has 5 rings (SSSR count). The predicted octanol–water partition coefficient (Wildman–Crippen LogP) is 5.81. The third kappa shape index (κ3) is 8.52. The number of carbonyl (C=O) groups excluding carboxylic acids is 3. The van der Waals surface area contributed by atoms with E-state index in [1.807, 2.05) is 36.1 Å². The second-order valence-electron chi connectivity index (χ2n) is 12.6. The van der Waals surface area contributed by atoms with Crippen molar-refractivity contribution in [1.82, 2.24) is 19.6 Å². The summed E-state index contributed by atoms with van der Waals surface area (Å²) in [5, 5.41) is 18.0. The fourth-order valence-corrected chi connectivity index (χ4v) is 6.13. The fraction of sp³-hybridized carbons (Fsp3) is 0.385. The summed E-state index contributed by atoms with van der Waals surface area (Å²) in [7, 11) is 1.57. The Kier molecular flexibility index (Phi) is 12.3. The van der Waals surface area contributed by atoms with Gasteiger partial charge in [-0.25, -0.2) is 4.68 Å². The van der Waals surface area contributed by atoms with Crippen LogP contribution in [0.15, 0.2) is 72.8 Å². The summed E-state index contributed by atoms with van der Waals surface area (Å²) in [6.07, 6.45) is 4.26. The number of fused-ring (bicyclic) bond motifs is 1. The topological polar surface area (TPSA) is 126 Å². The molecule has 0 saturated carbocycles. The van der Waals surface area contributed by atoms with E-state index in [0.29, 0.717) is 60.3 Å². The number of aryl methyl sites for hydroxylation is 1. The van der Waals surface area contributed by atoms with Crippen molar-refractivity contribution in [2.45, 2.75) is 65.5 Å². The minimum Gasteiger partial charge on any atom is -0.497 e. The molecule has 2 N–H and O–H groups in total. The Bertz CT molecular complexity index is 1780. The molecule has 50 heavy (non-hydrogen) atoms. The second kappa shape index (κ2) is 17.0. The molecule has 3 aromatic carbocycles. The van der Waals surface area contributed by atoms with Gasteiger partial charge in [0.15, 0.2) is 12.3 Å². The van der Waals surface area contributed by atoms with Crippen LogP contribution in [0, 0.1) is 6.92 Å². The van der Waals surface area contributed by atoms with Crippen molar-refractivity contribution in [2.24, 2.45) is 0 Å². The molecule has 0 spiro atoms. The Labute approximate surface area is 293 Å². The van der Waals surface area contributed by atoms with Crippen LogP contribution in [0.3, 0.4) is 0 Å². The maximum atomic E-state index is 14.5. The third-order valence-corrected chi connectivity index (χ3v) is 8.95. The Hall–Kier alpha value is -5.16. The van der Waals surface area contributed by atoms with Crippen molar-refractivity contribution < 1.29 is 29.0 Å². The van der Waals surface area contributed by atoms with Crippen LogP contribution in [-0.2, 0) is 17.8 Å². The first-order valence-corrected chi connectivity index (χ1v) is 17.3. The number of aliphatic hydroxyl groups excluding tert-OH is 1. The number of methoxy groups -OCH3 is 1. The van der Waals surface area contributed by atoms with Crippen LogP contribution in [0.25, 0.3) is 5.69 Å². The van der Waals surface area contributed by atoms with Gasteiger partial charge < -0.3 is 29.7 Å². The number of nitrogens with zero attached hydrogens (tertiary/aromatic N) is 4. The molecule has 1 aliphatic rings. The molecule has 0 aliphatic carbocycles. The van der Waals surface area contributed by atoms with Gasteiger partial charge in [0.2, 0.25) is 0 Å². The Morgan fingerprint density at radius 1 is 0.940 bits per heavy atom. The summed E-state index contributed by atoms with van der Waals surface area (Å²) < 4.78 is 12.4. The molecule has 11 nitrogen and oxygen atoms in total. The molecule has 0 bridgehead atoms. The summed E-state index contributed by atoms with van der Waals surface area (Å²) in [4.78, 5) is 44.7. The van der Waals surface area contributed by atoms with Gasteiger partial charge in [0.05, 0.1) is 31.0 Å². The summed E-state index contributed by atoms with van der Waals surface area (Å²) >= 11 is 0. The second-order valence-corrected chi connectivity index (χ2v) is 12.6. The number of aliphatic hydroxyl groups is 1. The number of nitrogens with one attached hydrogen (secondary N) is 1.